The van der Waals surface area contributed by atoms with Crippen LogP contribution in [0.2, 0.25) is 0 Å². The fourth-order valence-electron chi connectivity index (χ4n) is 3.97. The number of hydrogen-bond acceptors (Lipinski definition) is 6. The molecule has 0 amide bonds. The van der Waals surface area contributed by atoms with E-state index in [1.54, 1.807) is 20.3 Å². The first-order valence-electron chi connectivity index (χ1n) is 10.2. The van der Waals surface area contributed by atoms with Gasteiger partial charge >= 0.3 is 0 Å². The van der Waals surface area contributed by atoms with Crippen molar-refractivity contribution >= 4 is 5.65 Å². The highest BCUT2D eigenvalue weighted by molar-refractivity contribution is 5.81. The zero-order valence-corrected chi connectivity index (χ0v) is 17.7. The summed E-state index contributed by atoms with van der Waals surface area (Å²) in [6, 6.07) is 7.35. The van der Waals surface area contributed by atoms with Crippen LogP contribution in [-0.2, 0) is 11.2 Å². The van der Waals surface area contributed by atoms with Crippen molar-refractivity contribution in [1.82, 2.24) is 19.5 Å². The van der Waals surface area contributed by atoms with E-state index < -0.39 is 0 Å². The Morgan fingerprint density at radius 2 is 1.90 bits per heavy atom. The Kier molecular flexibility index (Phi) is 6.06. The molecule has 3 aromatic rings. The Bertz CT molecular complexity index is 1080. The van der Waals surface area contributed by atoms with Gasteiger partial charge in [0.1, 0.15) is 0 Å². The maximum Gasteiger partial charge on any atom is 0.272 e. The van der Waals surface area contributed by atoms with Gasteiger partial charge in [0, 0.05) is 36.1 Å². The highest BCUT2D eigenvalue weighted by atomic mass is 16.5. The van der Waals surface area contributed by atoms with Crippen molar-refractivity contribution in [2.75, 3.05) is 47.1 Å². The summed E-state index contributed by atoms with van der Waals surface area (Å²) in [7, 11) is 3.22. The molecule has 0 spiro atoms. The van der Waals surface area contributed by atoms with E-state index in [0.29, 0.717) is 17.1 Å². The maximum atomic E-state index is 12.7. The molecule has 0 saturated carbocycles. The molecule has 1 saturated heterocycles. The largest absolute Gasteiger partial charge is 0.493 e. The molecule has 2 aromatic heterocycles. The van der Waals surface area contributed by atoms with Crippen molar-refractivity contribution in [2.45, 2.75) is 19.8 Å². The number of ether oxygens (including phenoxy) is 3. The predicted molar refractivity (Wildman–Crippen MR) is 115 cm³/mol. The van der Waals surface area contributed by atoms with Crippen LogP contribution < -0.4 is 15.0 Å². The fourth-order valence-corrected chi connectivity index (χ4v) is 3.97. The summed E-state index contributed by atoms with van der Waals surface area (Å²) < 4.78 is 17.7. The number of hydrogen-bond donors (Lipinski definition) is 1. The lowest BCUT2D eigenvalue weighted by molar-refractivity contribution is 0.0374. The van der Waals surface area contributed by atoms with Gasteiger partial charge in [0.2, 0.25) is 0 Å². The molecule has 8 nitrogen and oxygen atoms in total. The Labute approximate surface area is 175 Å². The van der Waals surface area contributed by atoms with Crippen molar-refractivity contribution in [3.63, 3.8) is 0 Å². The number of morpholine rings is 1. The molecule has 0 unspecified atom stereocenters. The van der Waals surface area contributed by atoms with E-state index >= 15 is 0 Å². The predicted octanol–water partition coefficient (Wildman–Crippen LogP) is 2.28. The number of H-pyrrole nitrogens is 1. The van der Waals surface area contributed by atoms with Crippen molar-refractivity contribution in [3.05, 3.63) is 46.0 Å². The SMILES string of the molecule is COc1ccc(-c2c(C)[nH]n3c(=O)cc(CCCN4CCOCC4)nc23)cc1OC. The minimum Gasteiger partial charge on any atom is -0.493 e. The molecule has 1 aliphatic rings. The third-order valence-electron chi connectivity index (χ3n) is 5.53. The highest BCUT2D eigenvalue weighted by Gasteiger charge is 2.17. The first-order valence-corrected chi connectivity index (χ1v) is 10.2. The maximum absolute atomic E-state index is 12.7. The minimum atomic E-state index is -0.101. The number of benzene rings is 1. The fraction of sp³-hybridized carbons (Fsp3) is 0.455. The molecule has 1 fully saturated rings. The number of nitrogens with zero attached hydrogens (tertiary/aromatic N) is 3. The molecule has 1 aromatic carbocycles. The molecule has 30 heavy (non-hydrogen) atoms. The van der Waals surface area contributed by atoms with Crippen LogP contribution in [0.25, 0.3) is 16.8 Å². The molecule has 1 aliphatic heterocycles. The molecule has 0 bridgehead atoms. The van der Waals surface area contributed by atoms with Crippen molar-refractivity contribution < 1.29 is 14.2 Å². The molecular weight excluding hydrogens is 384 g/mol. The number of methoxy groups -OCH3 is 2. The molecule has 0 atom stereocenters. The summed E-state index contributed by atoms with van der Waals surface area (Å²) in [5, 5.41) is 3.14. The number of nitrogens with one attached hydrogen (secondary N) is 1. The molecule has 4 rings (SSSR count). The number of aryl methyl sites for hydroxylation is 2. The second-order valence-electron chi connectivity index (χ2n) is 7.48. The summed E-state index contributed by atoms with van der Waals surface area (Å²) in [6.45, 7) is 6.45. The van der Waals surface area contributed by atoms with Crippen LogP contribution in [0.3, 0.4) is 0 Å². The Morgan fingerprint density at radius 3 is 2.63 bits per heavy atom. The normalized spacial score (nSPS) is 14.9. The Balaban J connectivity index is 1.64. The van der Waals surface area contributed by atoms with Crippen LogP contribution >= 0.6 is 0 Å². The summed E-state index contributed by atoms with van der Waals surface area (Å²) in [6.07, 6.45) is 1.72. The van der Waals surface area contributed by atoms with Gasteiger partial charge in [-0.1, -0.05) is 6.07 Å². The molecule has 1 N–H and O–H groups in total. The van der Waals surface area contributed by atoms with Gasteiger partial charge in [-0.25, -0.2) is 9.50 Å². The van der Waals surface area contributed by atoms with Gasteiger partial charge in [-0.15, -0.1) is 0 Å². The molecular formula is C22H28N4O4. The van der Waals surface area contributed by atoms with Gasteiger partial charge in [0.15, 0.2) is 17.1 Å². The van der Waals surface area contributed by atoms with E-state index in [1.165, 1.54) is 4.52 Å². The van der Waals surface area contributed by atoms with Crippen LogP contribution in [0, 0.1) is 6.92 Å². The van der Waals surface area contributed by atoms with Gasteiger partial charge in [-0.05, 0) is 44.0 Å². The van der Waals surface area contributed by atoms with Gasteiger partial charge in [0.25, 0.3) is 5.56 Å². The van der Waals surface area contributed by atoms with Gasteiger partial charge < -0.3 is 14.2 Å². The number of aromatic nitrogens is 3. The first kappa shape index (κ1) is 20.4. The molecule has 0 radical (unpaired) electrons. The van der Waals surface area contributed by atoms with Crippen molar-refractivity contribution in [3.8, 4) is 22.6 Å². The number of fused-ring (bicyclic) bond motifs is 1. The average molecular weight is 412 g/mol. The van der Waals surface area contributed by atoms with Crippen LogP contribution in [0.15, 0.2) is 29.1 Å². The summed E-state index contributed by atoms with van der Waals surface area (Å²) >= 11 is 0. The van der Waals surface area contributed by atoms with Gasteiger partial charge in [0.05, 0.1) is 27.4 Å². The second kappa shape index (κ2) is 8.89. The third kappa shape index (κ3) is 4.06. The summed E-state index contributed by atoms with van der Waals surface area (Å²) in [5.74, 6) is 1.30. The Hall–Kier alpha value is -2.84. The van der Waals surface area contributed by atoms with E-state index in [2.05, 4.69) is 10.00 Å². The molecule has 0 aliphatic carbocycles. The van der Waals surface area contributed by atoms with E-state index in [-0.39, 0.29) is 5.56 Å². The minimum absolute atomic E-state index is 0.101. The second-order valence-corrected chi connectivity index (χ2v) is 7.48. The quantitative estimate of drug-likeness (QED) is 0.641. The van der Waals surface area contributed by atoms with Crippen molar-refractivity contribution in [2.24, 2.45) is 0 Å². The van der Waals surface area contributed by atoms with E-state index in [1.807, 2.05) is 25.1 Å². The lowest BCUT2D eigenvalue weighted by Crippen LogP contribution is -2.37. The van der Waals surface area contributed by atoms with E-state index in [0.717, 1.165) is 68.2 Å². The smallest absolute Gasteiger partial charge is 0.272 e. The summed E-state index contributed by atoms with van der Waals surface area (Å²) in [5.41, 5.74) is 4.03. The number of rotatable bonds is 7. The van der Waals surface area contributed by atoms with Crippen LogP contribution in [0.5, 0.6) is 11.5 Å². The van der Waals surface area contributed by atoms with Crippen LogP contribution in [-0.4, -0.2) is 66.6 Å². The van der Waals surface area contributed by atoms with Crippen LogP contribution in [0.4, 0.5) is 0 Å². The standard InChI is InChI=1S/C22H28N4O4/c1-15-21(16-6-7-18(28-2)19(13-16)29-3)22-23-17(14-20(27)26(22)24-15)5-4-8-25-9-11-30-12-10-25/h6-7,13-14,24H,4-5,8-12H2,1-3H3. The lowest BCUT2D eigenvalue weighted by Gasteiger charge is -2.26. The monoisotopic (exact) mass is 412 g/mol. The average Bonchev–Trinajstić information content (AvgIpc) is 3.10. The van der Waals surface area contributed by atoms with E-state index in [4.69, 9.17) is 19.2 Å². The van der Waals surface area contributed by atoms with Crippen molar-refractivity contribution in [1.29, 1.82) is 0 Å². The van der Waals surface area contributed by atoms with Gasteiger partial charge in [-0.2, -0.15) is 0 Å². The zero-order valence-electron chi connectivity index (χ0n) is 17.7. The van der Waals surface area contributed by atoms with E-state index in [9.17, 15) is 4.79 Å². The number of aromatic amines is 1. The zero-order chi connectivity index (χ0) is 21.1. The summed E-state index contributed by atoms with van der Waals surface area (Å²) in [4.78, 5) is 19.9. The lowest BCUT2D eigenvalue weighted by atomic mass is 10.1. The topological polar surface area (TPSA) is 81.1 Å². The molecule has 160 valence electrons. The first-order chi connectivity index (χ1) is 14.6. The third-order valence-corrected chi connectivity index (χ3v) is 5.53. The molecule has 8 heteroatoms. The van der Waals surface area contributed by atoms with Crippen LogP contribution in [0.1, 0.15) is 17.8 Å². The molecule has 3 heterocycles. The van der Waals surface area contributed by atoms with Gasteiger partial charge in [-0.3, -0.25) is 14.8 Å². The Morgan fingerprint density at radius 1 is 1.13 bits per heavy atom. The highest BCUT2D eigenvalue weighted by Crippen LogP contribution is 2.34.